The summed E-state index contributed by atoms with van der Waals surface area (Å²) < 4.78 is 21.9. The van der Waals surface area contributed by atoms with E-state index in [0.29, 0.717) is 0 Å². The van der Waals surface area contributed by atoms with Crippen LogP contribution in [0.2, 0.25) is 0 Å². The predicted molar refractivity (Wildman–Crippen MR) is 56.7 cm³/mol. The normalized spacial score (nSPS) is 26.1. The highest BCUT2D eigenvalue weighted by molar-refractivity contribution is 7.92. The minimum Gasteiger partial charge on any atom is -0.480 e. The molecular formula is C9H15NO5S. The Morgan fingerprint density at radius 3 is 2.44 bits per heavy atom. The average Bonchev–Trinajstić information content (AvgIpc) is 2.43. The molecule has 1 heterocycles. The van der Waals surface area contributed by atoms with Crippen LogP contribution < -0.4 is 0 Å². The molecule has 6 nitrogen and oxygen atoms in total. The second-order valence-corrected chi connectivity index (χ2v) is 6.32. The Balaban J connectivity index is 3.03. The van der Waals surface area contributed by atoms with E-state index in [9.17, 15) is 18.0 Å². The van der Waals surface area contributed by atoms with Gasteiger partial charge in [-0.25, -0.2) is 8.42 Å². The number of amides is 1. The Hall–Kier alpha value is -1.11. The van der Waals surface area contributed by atoms with Gasteiger partial charge in [-0.05, 0) is 12.8 Å². The molecule has 1 N–H and O–H groups in total. The van der Waals surface area contributed by atoms with Crippen molar-refractivity contribution < 1.29 is 23.1 Å². The number of nitrogens with zero attached hydrogens (tertiary/aromatic N) is 1. The summed E-state index contributed by atoms with van der Waals surface area (Å²) in [5.41, 5.74) is 0. The number of likely N-dealkylation sites (tertiary alicyclic amines) is 1. The third-order valence-corrected chi connectivity index (χ3v) is 5.16. The molecule has 0 aromatic rings. The largest absolute Gasteiger partial charge is 0.480 e. The van der Waals surface area contributed by atoms with Crippen LogP contribution in [0.3, 0.4) is 0 Å². The van der Waals surface area contributed by atoms with Crippen molar-refractivity contribution in [2.24, 2.45) is 0 Å². The van der Waals surface area contributed by atoms with Crippen molar-refractivity contribution in [3.8, 4) is 0 Å². The fraction of sp³-hybridized carbons (Fsp3) is 0.778. The van der Waals surface area contributed by atoms with E-state index < -0.39 is 33.0 Å². The van der Waals surface area contributed by atoms with Crippen molar-refractivity contribution in [2.45, 2.75) is 24.5 Å². The van der Waals surface area contributed by atoms with E-state index in [1.54, 1.807) is 6.92 Å². The number of carboxylic acids is 1. The van der Waals surface area contributed by atoms with Crippen molar-refractivity contribution >= 4 is 21.7 Å². The number of rotatable bonds is 4. The maximum Gasteiger partial charge on any atom is 0.323 e. The second kappa shape index (κ2) is 4.04. The van der Waals surface area contributed by atoms with E-state index in [1.807, 2.05) is 0 Å². The third kappa shape index (κ3) is 1.91. The highest BCUT2D eigenvalue weighted by Crippen LogP contribution is 2.33. The van der Waals surface area contributed by atoms with Gasteiger partial charge >= 0.3 is 5.97 Å². The molecular weight excluding hydrogens is 234 g/mol. The Bertz CT molecular complexity index is 416. The highest BCUT2D eigenvalue weighted by atomic mass is 32.2. The molecule has 0 saturated carbocycles. The standard InChI is InChI=1S/C9H15NO5S/c1-3-9(16(2,14)15)4-5-10(8(9)13)6-7(11)12/h3-6H2,1-2H3,(H,11,12). The van der Waals surface area contributed by atoms with Gasteiger partial charge in [0.15, 0.2) is 14.6 Å². The van der Waals surface area contributed by atoms with E-state index >= 15 is 0 Å². The zero-order valence-electron chi connectivity index (χ0n) is 9.26. The molecule has 92 valence electrons. The van der Waals surface area contributed by atoms with Crippen LogP contribution in [-0.2, 0) is 19.4 Å². The zero-order valence-corrected chi connectivity index (χ0v) is 10.1. The lowest BCUT2D eigenvalue weighted by atomic mass is 10.0. The quantitative estimate of drug-likeness (QED) is 0.725. The Kier molecular flexibility index (Phi) is 3.27. The third-order valence-electron chi connectivity index (χ3n) is 3.07. The summed E-state index contributed by atoms with van der Waals surface area (Å²) in [4.78, 5) is 23.5. The smallest absolute Gasteiger partial charge is 0.323 e. The fourth-order valence-corrected chi connectivity index (χ4v) is 3.49. The Labute approximate surface area is 94.2 Å². The lowest BCUT2D eigenvalue weighted by Gasteiger charge is -2.23. The first-order valence-electron chi connectivity index (χ1n) is 4.95. The number of hydrogen-bond acceptors (Lipinski definition) is 4. The van der Waals surface area contributed by atoms with E-state index in [0.717, 1.165) is 11.2 Å². The van der Waals surface area contributed by atoms with Gasteiger partial charge in [0, 0.05) is 12.8 Å². The van der Waals surface area contributed by atoms with Crippen LogP contribution in [0.4, 0.5) is 0 Å². The summed E-state index contributed by atoms with van der Waals surface area (Å²) in [7, 11) is -3.52. The van der Waals surface area contributed by atoms with Crippen molar-refractivity contribution in [3.05, 3.63) is 0 Å². The van der Waals surface area contributed by atoms with Crippen LogP contribution in [0.25, 0.3) is 0 Å². The molecule has 1 fully saturated rings. The summed E-state index contributed by atoms with van der Waals surface area (Å²) in [5.74, 6) is -1.71. The second-order valence-electron chi connectivity index (χ2n) is 3.99. The molecule has 0 spiro atoms. The molecule has 1 aliphatic heterocycles. The average molecular weight is 249 g/mol. The molecule has 1 amide bonds. The van der Waals surface area contributed by atoms with Crippen molar-refractivity contribution in [3.63, 3.8) is 0 Å². The number of hydrogen-bond donors (Lipinski definition) is 1. The number of carbonyl (C=O) groups is 2. The van der Waals surface area contributed by atoms with E-state index in [1.165, 1.54) is 0 Å². The first-order valence-corrected chi connectivity index (χ1v) is 6.84. The minimum absolute atomic E-state index is 0.175. The maximum atomic E-state index is 11.9. The fourth-order valence-electron chi connectivity index (χ4n) is 2.06. The topological polar surface area (TPSA) is 91.8 Å². The van der Waals surface area contributed by atoms with Gasteiger partial charge in [-0.1, -0.05) is 6.92 Å². The monoisotopic (exact) mass is 249 g/mol. The molecule has 1 rings (SSSR count). The van der Waals surface area contributed by atoms with Gasteiger partial charge in [-0.2, -0.15) is 0 Å². The molecule has 7 heteroatoms. The molecule has 0 aromatic carbocycles. The van der Waals surface area contributed by atoms with Gasteiger partial charge in [0.25, 0.3) is 0 Å². The van der Waals surface area contributed by atoms with E-state index in [2.05, 4.69) is 0 Å². The minimum atomic E-state index is -3.52. The molecule has 0 aliphatic carbocycles. The van der Waals surface area contributed by atoms with Gasteiger partial charge in [-0.3, -0.25) is 9.59 Å². The number of carbonyl (C=O) groups excluding carboxylic acids is 1. The van der Waals surface area contributed by atoms with Crippen LogP contribution >= 0.6 is 0 Å². The van der Waals surface area contributed by atoms with Crippen LogP contribution in [0.15, 0.2) is 0 Å². The summed E-state index contributed by atoms with van der Waals surface area (Å²) in [6.07, 6.45) is 1.38. The maximum absolute atomic E-state index is 11.9. The summed E-state index contributed by atoms with van der Waals surface area (Å²) in [6, 6.07) is 0. The Morgan fingerprint density at radius 1 is 1.56 bits per heavy atom. The van der Waals surface area contributed by atoms with Crippen LogP contribution in [0.1, 0.15) is 19.8 Å². The molecule has 0 radical (unpaired) electrons. The van der Waals surface area contributed by atoms with Gasteiger partial charge in [0.05, 0.1) is 0 Å². The van der Waals surface area contributed by atoms with Crippen LogP contribution in [0.5, 0.6) is 0 Å². The van der Waals surface area contributed by atoms with Crippen LogP contribution in [-0.4, -0.2) is 54.4 Å². The van der Waals surface area contributed by atoms with Crippen molar-refractivity contribution in [2.75, 3.05) is 19.3 Å². The molecule has 1 aliphatic rings. The first-order chi connectivity index (χ1) is 7.24. The highest BCUT2D eigenvalue weighted by Gasteiger charge is 2.53. The summed E-state index contributed by atoms with van der Waals surface area (Å²) in [5, 5.41) is 8.59. The van der Waals surface area contributed by atoms with Gasteiger partial charge in [0.1, 0.15) is 6.54 Å². The molecule has 1 atom stereocenters. The summed E-state index contributed by atoms with van der Waals surface area (Å²) in [6.45, 7) is 1.38. The number of aliphatic carboxylic acids is 1. The number of carboxylic acid groups (broad SMARTS) is 1. The molecule has 0 bridgehead atoms. The van der Waals surface area contributed by atoms with Gasteiger partial charge in [-0.15, -0.1) is 0 Å². The van der Waals surface area contributed by atoms with Gasteiger partial charge in [0.2, 0.25) is 5.91 Å². The van der Waals surface area contributed by atoms with Crippen LogP contribution in [0, 0.1) is 0 Å². The first kappa shape index (κ1) is 13.0. The Morgan fingerprint density at radius 2 is 2.12 bits per heavy atom. The van der Waals surface area contributed by atoms with E-state index in [-0.39, 0.29) is 19.4 Å². The molecule has 1 saturated heterocycles. The van der Waals surface area contributed by atoms with Crippen molar-refractivity contribution in [1.29, 1.82) is 0 Å². The lowest BCUT2D eigenvalue weighted by Crippen LogP contribution is -2.46. The molecule has 0 aromatic heterocycles. The lowest BCUT2D eigenvalue weighted by molar-refractivity contribution is -0.143. The predicted octanol–water partition coefficient (Wildman–Crippen LogP) is -0.503. The van der Waals surface area contributed by atoms with Gasteiger partial charge < -0.3 is 10.0 Å². The zero-order chi connectivity index (χ0) is 12.6. The molecule has 1 unspecified atom stereocenters. The van der Waals surface area contributed by atoms with E-state index in [4.69, 9.17) is 5.11 Å². The summed E-state index contributed by atoms with van der Waals surface area (Å²) >= 11 is 0. The number of sulfone groups is 1. The SMILES string of the molecule is CCC1(S(C)(=O)=O)CCN(CC(=O)O)C1=O. The van der Waals surface area contributed by atoms with Crippen molar-refractivity contribution in [1.82, 2.24) is 4.90 Å². The molecule has 16 heavy (non-hydrogen) atoms.